The summed E-state index contributed by atoms with van der Waals surface area (Å²) in [6.45, 7) is 2.17. The normalized spacial score (nSPS) is 16.5. The van der Waals surface area contributed by atoms with E-state index >= 15 is 0 Å². The molecule has 3 nitrogen and oxygen atoms in total. The van der Waals surface area contributed by atoms with Crippen molar-refractivity contribution in [3.63, 3.8) is 0 Å². The number of aryl methyl sites for hydroxylation is 1. The van der Waals surface area contributed by atoms with Gasteiger partial charge in [0.2, 0.25) is 0 Å². The second-order valence-electron chi connectivity index (χ2n) is 5.25. The minimum absolute atomic E-state index is 0.0132. The molecule has 21 heavy (non-hydrogen) atoms. The van der Waals surface area contributed by atoms with Crippen LogP contribution in [0.4, 0.5) is 11.4 Å². The molecule has 2 aromatic rings. The first-order valence-corrected chi connectivity index (χ1v) is 7.92. The predicted molar refractivity (Wildman–Crippen MR) is 89.6 cm³/mol. The third kappa shape index (κ3) is 2.95. The maximum atomic E-state index is 12.1. The molecular formula is C17H17BrN2O. The zero-order chi connectivity index (χ0) is 14.8. The summed E-state index contributed by atoms with van der Waals surface area (Å²) in [4.78, 5) is 12.1. The predicted octanol–water partition coefficient (Wildman–Crippen LogP) is 4.51. The molecule has 108 valence electrons. The van der Waals surface area contributed by atoms with Crippen molar-refractivity contribution in [2.24, 2.45) is 0 Å². The number of nitrogens with one attached hydrogen (secondary N) is 2. The minimum atomic E-state index is -0.329. The van der Waals surface area contributed by atoms with Crippen molar-refractivity contribution in [1.29, 1.82) is 0 Å². The Morgan fingerprint density at radius 2 is 1.95 bits per heavy atom. The van der Waals surface area contributed by atoms with E-state index in [1.807, 2.05) is 30.3 Å². The van der Waals surface area contributed by atoms with E-state index in [1.165, 1.54) is 5.56 Å². The Bertz CT molecular complexity index is 667. The molecule has 1 atom stereocenters. The van der Waals surface area contributed by atoms with Crippen LogP contribution in [0.5, 0.6) is 0 Å². The van der Waals surface area contributed by atoms with Gasteiger partial charge in [-0.1, -0.05) is 47.5 Å². The van der Waals surface area contributed by atoms with Gasteiger partial charge in [0.25, 0.3) is 5.91 Å². The average Bonchev–Trinajstić information content (AvgIpc) is 2.76. The molecule has 3 rings (SSSR count). The van der Waals surface area contributed by atoms with Crippen molar-refractivity contribution >= 4 is 33.2 Å². The SMILES string of the molecule is CCCc1ccc(NC2C(=O)Nc3cc(Br)ccc32)cc1. The molecule has 2 aromatic carbocycles. The standard InChI is InChI=1S/C17H17BrN2O/c1-2-3-11-4-7-13(8-5-11)19-16-14-9-6-12(18)10-15(14)20-17(16)21/h4-10,16,19H,2-3H2,1H3,(H,20,21). The van der Waals surface area contributed by atoms with Crippen molar-refractivity contribution in [3.05, 3.63) is 58.1 Å². The van der Waals surface area contributed by atoms with Gasteiger partial charge in [0, 0.05) is 21.4 Å². The number of halogens is 1. The molecule has 4 heteroatoms. The number of carbonyl (C=O) groups excluding carboxylic acids is 1. The van der Waals surface area contributed by atoms with Gasteiger partial charge in [-0.05, 0) is 36.2 Å². The van der Waals surface area contributed by atoms with Crippen LogP contribution in [0.2, 0.25) is 0 Å². The van der Waals surface area contributed by atoms with Gasteiger partial charge in [0.15, 0.2) is 0 Å². The lowest BCUT2D eigenvalue weighted by Crippen LogP contribution is -2.19. The molecule has 0 bridgehead atoms. The molecule has 1 aliphatic heterocycles. The average molecular weight is 345 g/mol. The number of anilines is 2. The highest BCUT2D eigenvalue weighted by molar-refractivity contribution is 9.10. The van der Waals surface area contributed by atoms with Crippen LogP contribution < -0.4 is 10.6 Å². The highest BCUT2D eigenvalue weighted by Gasteiger charge is 2.30. The van der Waals surface area contributed by atoms with Crippen LogP contribution in [0.15, 0.2) is 46.9 Å². The smallest absolute Gasteiger partial charge is 0.251 e. The van der Waals surface area contributed by atoms with E-state index < -0.39 is 0 Å². The third-order valence-electron chi connectivity index (χ3n) is 3.65. The quantitative estimate of drug-likeness (QED) is 0.856. The summed E-state index contributed by atoms with van der Waals surface area (Å²) in [5.74, 6) is -0.0132. The molecule has 0 aliphatic carbocycles. The van der Waals surface area contributed by atoms with Gasteiger partial charge in [-0.25, -0.2) is 0 Å². The van der Waals surface area contributed by atoms with Crippen molar-refractivity contribution in [2.45, 2.75) is 25.8 Å². The highest BCUT2D eigenvalue weighted by Crippen LogP contribution is 2.35. The number of benzene rings is 2. The Labute approximate surface area is 132 Å². The molecule has 0 saturated heterocycles. The number of hydrogen-bond acceptors (Lipinski definition) is 2. The van der Waals surface area contributed by atoms with Gasteiger partial charge in [-0.15, -0.1) is 0 Å². The lowest BCUT2D eigenvalue weighted by atomic mass is 10.1. The Kier molecular flexibility index (Phi) is 3.97. The fraction of sp³-hybridized carbons (Fsp3) is 0.235. The summed E-state index contributed by atoms with van der Waals surface area (Å²) >= 11 is 3.42. The first-order valence-electron chi connectivity index (χ1n) is 7.13. The van der Waals surface area contributed by atoms with E-state index in [-0.39, 0.29) is 11.9 Å². The molecule has 1 amide bonds. The topological polar surface area (TPSA) is 41.1 Å². The lowest BCUT2D eigenvalue weighted by molar-refractivity contribution is -0.116. The van der Waals surface area contributed by atoms with Crippen LogP contribution in [0, 0.1) is 0 Å². The molecule has 1 heterocycles. The number of amides is 1. The summed E-state index contributed by atoms with van der Waals surface area (Å²) in [5.41, 5.74) is 4.14. The summed E-state index contributed by atoms with van der Waals surface area (Å²) in [7, 11) is 0. The first-order chi connectivity index (χ1) is 10.2. The van der Waals surface area contributed by atoms with Crippen molar-refractivity contribution in [3.8, 4) is 0 Å². The van der Waals surface area contributed by atoms with E-state index in [9.17, 15) is 4.79 Å². The number of fused-ring (bicyclic) bond motifs is 1. The third-order valence-corrected chi connectivity index (χ3v) is 4.14. The molecule has 0 aromatic heterocycles. The van der Waals surface area contributed by atoms with Crippen molar-refractivity contribution < 1.29 is 4.79 Å². The fourth-order valence-corrected chi connectivity index (χ4v) is 2.96. The molecular weight excluding hydrogens is 328 g/mol. The molecule has 1 aliphatic rings. The minimum Gasteiger partial charge on any atom is -0.370 e. The molecule has 2 N–H and O–H groups in total. The summed E-state index contributed by atoms with van der Waals surface area (Å²) < 4.78 is 0.964. The van der Waals surface area contributed by atoms with Crippen LogP contribution in [-0.2, 0) is 11.2 Å². The zero-order valence-electron chi connectivity index (χ0n) is 11.8. The van der Waals surface area contributed by atoms with E-state index in [0.717, 1.165) is 34.3 Å². The van der Waals surface area contributed by atoms with E-state index in [0.29, 0.717) is 0 Å². The maximum absolute atomic E-state index is 12.1. The van der Waals surface area contributed by atoms with E-state index in [4.69, 9.17) is 0 Å². The maximum Gasteiger partial charge on any atom is 0.251 e. The van der Waals surface area contributed by atoms with Gasteiger partial charge in [0.1, 0.15) is 6.04 Å². The summed E-state index contributed by atoms with van der Waals surface area (Å²) in [6.07, 6.45) is 2.22. The Hall–Kier alpha value is -1.81. The van der Waals surface area contributed by atoms with Gasteiger partial charge in [-0.3, -0.25) is 4.79 Å². The monoisotopic (exact) mass is 344 g/mol. The van der Waals surface area contributed by atoms with Gasteiger partial charge < -0.3 is 10.6 Å². The largest absolute Gasteiger partial charge is 0.370 e. The van der Waals surface area contributed by atoms with Gasteiger partial charge in [0.05, 0.1) is 0 Å². The zero-order valence-corrected chi connectivity index (χ0v) is 13.4. The van der Waals surface area contributed by atoms with Crippen LogP contribution in [0.25, 0.3) is 0 Å². The molecule has 0 radical (unpaired) electrons. The van der Waals surface area contributed by atoms with Gasteiger partial charge in [-0.2, -0.15) is 0 Å². The fourth-order valence-electron chi connectivity index (χ4n) is 2.60. The van der Waals surface area contributed by atoms with Crippen LogP contribution in [0.3, 0.4) is 0 Å². The Balaban J connectivity index is 1.80. The first kappa shape index (κ1) is 14.1. The van der Waals surface area contributed by atoms with Crippen LogP contribution in [0.1, 0.15) is 30.5 Å². The molecule has 0 saturated carbocycles. The van der Waals surface area contributed by atoms with Crippen LogP contribution in [-0.4, -0.2) is 5.91 Å². The van der Waals surface area contributed by atoms with Gasteiger partial charge >= 0.3 is 0 Å². The summed E-state index contributed by atoms with van der Waals surface area (Å²) in [6, 6.07) is 13.8. The molecule has 0 spiro atoms. The number of carbonyl (C=O) groups is 1. The molecule has 0 fully saturated rings. The summed E-state index contributed by atoms with van der Waals surface area (Å²) in [5, 5.41) is 6.22. The van der Waals surface area contributed by atoms with E-state index in [2.05, 4.69) is 45.6 Å². The number of hydrogen-bond donors (Lipinski definition) is 2. The second-order valence-corrected chi connectivity index (χ2v) is 6.16. The number of rotatable bonds is 4. The molecule has 1 unspecified atom stereocenters. The van der Waals surface area contributed by atoms with E-state index in [1.54, 1.807) is 0 Å². The highest BCUT2D eigenvalue weighted by atomic mass is 79.9. The van der Waals surface area contributed by atoms with Crippen molar-refractivity contribution in [2.75, 3.05) is 10.6 Å². The van der Waals surface area contributed by atoms with Crippen LogP contribution >= 0.6 is 15.9 Å². The second kappa shape index (κ2) is 5.90. The van der Waals surface area contributed by atoms with Crippen molar-refractivity contribution in [1.82, 2.24) is 0 Å². The Morgan fingerprint density at radius 3 is 2.67 bits per heavy atom. The Morgan fingerprint density at radius 1 is 1.19 bits per heavy atom. The lowest BCUT2D eigenvalue weighted by Gasteiger charge is -2.13.